The van der Waals surface area contributed by atoms with Crippen LogP contribution >= 0.6 is 11.6 Å². The van der Waals surface area contributed by atoms with E-state index >= 15 is 0 Å². The molecule has 7 heteroatoms. The van der Waals surface area contributed by atoms with Gasteiger partial charge in [-0.3, -0.25) is 9.36 Å². The fourth-order valence-electron chi connectivity index (χ4n) is 5.05. The minimum atomic E-state index is -0.0901. The Morgan fingerprint density at radius 1 is 0.914 bits per heavy atom. The van der Waals surface area contributed by atoms with Crippen LogP contribution in [0.4, 0.5) is 0 Å². The Morgan fingerprint density at radius 3 is 2.43 bits per heavy atom. The molecular formula is C28H26ClN5O. The summed E-state index contributed by atoms with van der Waals surface area (Å²) in [5.74, 6) is 0.669. The molecule has 0 fully saturated rings. The zero-order valence-corrected chi connectivity index (χ0v) is 20.4. The second kappa shape index (κ2) is 8.93. The predicted molar refractivity (Wildman–Crippen MR) is 141 cm³/mol. The van der Waals surface area contributed by atoms with Crippen molar-refractivity contribution in [2.75, 3.05) is 0 Å². The van der Waals surface area contributed by atoms with E-state index in [1.54, 1.807) is 4.57 Å². The van der Waals surface area contributed by atoms with Crippen LogP contribution in [0.5, 0.6) is 0 Å². The topological polar surface area (TPSA) is 65.6 Å². The molecule has 35 heavy (non-hydrogen) atoms. The van der Waals surface area contributed by atoms with Crippen molar-refractivity contribution in [3.63, 3.8) is 0 Å². The molecule has 0 unspecified atom stereocenters. The molecule has 1 aliphatic carbocycles. The van der Waals surface area contributed by atoms with E-state index in [0.29, 0.717) is 33.9 Å². The molecule has 6 nitrogen and oxygen atoms in total. The number of allylic oxidation sites excluding steroid dienone is 2. The van der Waals surface area contributed by atoms with Gasteiger partial charge in [-0.2, -0.15) is 0 Å². The Kier molecular flexibility index (Phi) is 5.61. The van der Waals surface area contributed by atoms with Gasteiger partial charge in [-0.25, -0.2) is 15.0 Å². The van der Waals surface area contributed by atoms with E-state index in [1.807, 2.05) is 55.5 Å². The Bertz CT molecular complexity index is 1660. The summed E-state index contributed by atoms with van der Waals surface area (Å²) in [6, 6.07) is 15.4. The lowest BCUT2D eigenvalue weighted by Crippen LogP contribution is -2.24. The van der Waals surface area contributed by atoms with E-state index in [0.717, 1.165) is 48.1 Å². The maximum absolute atomic E-state index is 13.9. The highest BCUT2D eigenvalue weighted by atomic mass is 35.5. The lowest BCUT2D eigenvalue weighted by atomic mass is 9.97. The highest BCUT2D eigenvalue weighted by molar-refractivity contribution is 6.30. The normalized spacial score (nSPS) is 14.2. The van der Waals surface area contributed by atoms with Crippen molar-refractivity contribution in [1.29, 1.82) is 0 Å². The molecule has 0 amide bonds. The summed E-state index contributed by atoms with van der Waals surface area (Å²) < 4.78 is 3.82. The maximum Gasteiger partial charge on any atom is 0.265 e. The molecule has 176 valence electrons. The molecule has 1 aliphatic rings. The summed E-state index contributed by atoms with van der Waals surface area (Å²) in [5.41, 5.74) is 5.99. The number of aryl methyl sites for hydroxylation is 2. The molecule has 0 aliphatic heterocycles. The van der Waals surface area contributed by atoms with Gasteiger partial charge in [0.1, 0.15) is 16.7 Å². The van der Waals surface area contributed by atoms with Gasteiger partial charge < -0.3 is 4.57 Å². The minimum absolute atomic E-state index is 0.0901. The molecule has 5 aromatic rings. The van der Waals surface area contributed by atoms with E-state index in [-0.39, 0.29) is 5.56 Å². The molecular weight excluding hydrogens is 458 g/mol. The van der Waals surface area contributed by atoms with E-state index in [4.69, 9.17) is 26.6 Å². The van der Waals surface area contributed by atoms with Crippen LogP contribution in [0.15, 0.2) is 65.0 Å². The molecule has 0 radical (unpaired) electrons. The fourth-order valence-corrected chi connectivity index (χ4v) is 5.18. The average molecular weight is 484 g/mol. The molecule has 0 N–H and O–H groups in total. The smallest absolute Gasteiger partial charge is 0.265 e. The van der Waals surface area contributed by atoms with Crippen molar-refractivity contribution in [1.82, 2.24) is 24.1 Å². The molecule has 0 saturated carbocycles. The number of halogens is 1. The second-order valence-corrected chi connectivity index (χ2v) is 9.71. The van der Waals surface area contributed by atoms with Crippen molar-refractivity contribution in [3.05, 3.63) is 86.9 Å². The third kappa shape index (κ3) is 4.02. The lowest BCUT2D eigenvalue weighted by Gasteiger charge is -2.14. The number of hydrogen-bond donors (Lipinski definition) is 0. The molecule has 3 aromatic heterocycles. The van der Waals surface area contributed by atoms with Crippen LogP contribution < -0.4 is 5.56 Å². The Balaban J connectivity index is 1.55. The summed E-state index contributed by atoms with van der Waals surface area (Å²) in [7, 11) is 0. The minimum Gasteiger partial charge on any atom is -0.308 e. The van der Waals surface area contributed by atoms with Crippen molar-refractivity contribution in [2.24, 2.45) is 0 Å². The van der Waals surface area contributed by atoms with Crippen LogP contribution in [0.1, 0.15) is 43.5 Å². The summed E-state index contributed by atoms with van der Waals surface area (Å²) in [6.07, 6.45) is 8.12. The molecule has 2 aromatic carbocycles. The number of fused-ring (bicyclic) bond motifs is 4. The van der Waals surface area contributed by atoms with Gasteiger partial charge in [0, 0.05) is 11.6 Å². The summed E-state index contributed by atoms with van der Waals surface area (Å²) in [6.45, 7) is 3.04. The van der Waals surface area contributed by atoms with Crippen LogP contribution in [-0.4, -0.2) is 24.1 Å². The van der Waals surface area contributed by atoms with Gasteiger partial charge in [0.25, 0.3) is 5.56 Å². The third-order valence-corrected chi connectivity index (χ3v) is 7.19. The third-order valence-electron chi connectivity index (χ3n) is 6.94. The Hall–Kier alpha value is -3.51. The fraction of sp³-hybridized carbons (Fsp3) is 0.286. The van der Waals surface area contributed by atoms with E-state index in [1.165, 1.54) is 18.4 Å². The van der Waals surface area contributed by atoms with Crippen molar-refractivity contribution < 1.29 is 0 Å². The van der Waals surface area contributed by atoms with Gasteiger partial charge in [-0.1, -0.05) is 47.5 Å². The first-order valence-electron chi connectivity index (χ1n) is 12.2. The monoisotopic (exact) mass is 483 g/mol. The van der Waals surface area contributed by atoms with Crippen LogP contribution in [0, 0.1) is 6.92 Å². The summed E-state index contributed by atoms with van der Waals surface area (Å²) in [4.78, 5) is 28.7. The van der Waals surface area contributed by atoms with E-state index in [2.05, 4.69) is 10.6 Å². The van der Waals surface area contributed by atoms with Gasteiger partial charge in [0.2, 0.25) is 0 Å². The highest BCUT2D eigenvalue weighted by Gasteiger charge is 2.21. The molecule has 0 atom stereocenters. The van der Waals surface area contributed by atoms with Crippen LogP contribution in [0.2, 0.25) is 5.02 Å². The zero-order chi connectivity index (χ0) is 23.9. The summed E-state index contributed by atoms with van der Waals surface area (Å²) >= 11 is 6.05. The van der Waals surface area contributed by atoms with Crippen molar-refractivity contribution >= 4 is 44.8 Å². The zero-order valence-electron chi connectivity index (χ0n) is 19.7. The number of nitrogens with zero attached hydrogens (tertiary/aromatic N) is 5. The van der Waals surface area contributed by atoms with Gasteiger partial charge in [-0.15, -0.1) is 0 Å². The van der Waals surface area contributed by atoms with Crippen LogP contribution in [-0.2, 0) is 13.1 Å². The standard InChI is InChI=1S/C28H26ClN5O/c1-18-30-26-24(28(35)34(18)17-20-11-13-21(29)14-12-20)25-27(32-23-10-6-5-9-22(23)31-25)33(26)16-15-19-7-3-2-4-8-19/h5-7,9-14H,2-4,8,15-17H2,1H3. The van der Waals surface area contributed by atoms with Gasteiger partial charge >= 0.3 is 0 Å². The second-order valence-electron chi connectivity index (χ2n) is 9.27. The number of hydrogen-bond acceptors (Lipinski definition) is 4. The van der Waals surface area contributed by atoms with E-state index < -0.39 is 0 Å². The molecule has 0 bridgehead atoms. The number of aromatic nitrogens is 5. The Morgan fingerprint density at radius 2 is 1.69 bits per heavy atom. The SMILES string of the molecule is Cc1nc2c(c(=O)n1Cc1ccc(Cl)cc1)c1nc3ccccc3nc1n2CCC1=CCCCC1. The van der Waals surface area contributed by atoms with Crippen molar-refractivity contribution in [3.8, 4) is 0 Å². The Labute approximate surface area is 207 Å². The maximum atomic E-state index is 13.9. The predicted octanol–water partition coefficient (Wildman–Crippen LogP) is 6.20. The molecule has 3 heterocycles. The van der Waals surface area contributed by atoms with E-state index in [9.17, 15) is 4.79 Å². The van der Waals surface area contributed by atoms with Crippen LogP contribution in [0.25, 0.3) is 33.2 Å². The largest absolute Gasteiger partial charge is 0.308 e. The number of para-hydroxylation sites is 2. The molecule has 0 saturated heterocycles. The quantitative estimate of drug-likeness (QED) is 0.279. The molecule has 0 spiro atoms. The number of rotatable bonds is 5. The van der Waals surface area contributed by atoms with Gasteiger partial charge in [0.15, 0.2) is 11.3 Å². The molecule has 6 rings (SSSR count). The first kappa shape index (κ1) is 22.0. The first-order chi connectivity index (χ1) is 17.1. The van der Waals surface area contributed by atoms with Gasteiger partial charge in [0.05, 0.1) is 17.6 Å². The summed E-state index contributed by atoms with van der Waals surface area (Å²) in [5, 5.41) is 1.21. The van der Waals surface area contributed by atoms with Crippen molar-refractivity contribution in [2.45, 2.75) is 52.1 Å². The first-order valence-corrected chi connectivity index (χ1v) is 12.5. The van der Waals surface area contributed by atoms with Gasteiger partial charge in [-0.05, 0) is 68.9 Å². The average Bonchev–Trinajstić information content (AvgIpc) is 3.17. The lowest BCUT2D eigenvalue weighted by molar-refractivity contribution is 0.636. The number of benzene rings is 2. The highest BCUT2D eigenvalue weighted by Crippen LogP contribution is 2.28. The van der Waals surface area contributed by atoms with Crippen LogP contribution in [0.3, 0.4) is 0 Å².